The zero-order valence-electron chi connectivity index (χ0n) is 17.4. The van der Waals surface area contributed by atoms with E-state index in [2.05, 4.69) is 10.6 Å². The number of carbonyl (C=O) groups is 3. The van der Waals surface area contributed by atoms with Crippen molar-refractivity contribution < 1.29 is 24.2 Å². The average Bonchev–Trinajstić information content (AvgIpc) is 2.76. The summed E-state index contributed by atoms with van der Waals surface area (Å²) in [6.45, 7) is 3.51. The topological polar surface area (TPSA) is 129 Å². The minimum absolute atomic E-state index is 0.000137. The van der Waals surface area contributed by atoms with Crippen LogP contribution in [0.25, 0.3) is 0 Å². The van der Waals surface area contributed by atoms with Crippen LogP contribution in [0.4, 0.5) is 4.79 Å². The van der Waals surface area contributed by atoms with Gasteiger partial charge < -0.3 is 20.5 Å². The van der Waals surface area contributed by atoms with Gasteiger partial charge in [0.1, 0.15) is 18.7 Å². The highest BCUT2D eigenvalue weighted by Crippen LogP contribution is 2.09. The SMILES string of the molecule is CC(C)[C@@H](NC(=O)OCc1ccccc1)C(=O)N[C@@H](Cc1cccc(C#N)c1)C(=O)O. The summed E-state index contributed by atoms with van der Waals surface area (Å²) in [5, 5.41) is 23.5. The molecule has 0 radical (unpaired) electrons. The lowest BCUT2D eigenvalue weighted by atomic mass is 10.0. The van der Waals surface area contributed by atoms with Gasteiger partial charge in [0, 0.05) is 6.42 Å². The predicted octanol–water partition coefficient (Wildman–Crippen LogP) is 2.62. The van der Waals surface area contributed by atoms with Gasteiger partial charge in [-0.05, 0) is 29.2 Å². The summed E-state index contributed by atoms with van der Waals surface area (Å²) in [7, 11) is 0. The van der Waals surface area contributed by atoms with E-state index in [4.69, 9.17) is 10.00 Å². The summed E-state index contributed by atoms with van der Waals surface area (Å²) in [5.41, 5.74) is 1.80. The molecule has 0 bridgehead atoms. The van der Waals surface area contributed by atoms with Crippen LogP contribution in [0, 0.1) is 17.2 Å². The van der Waals surface area contributed by atoms with Crippen molar-refractivity contribution in [2.24, 2.45) is 5.92 Å². The first-order valence-corrected chi connectivity index (χ1v) is 9.79. The molecule has 2 atom stereocenters. The highest BCUT2D eigenvalue weighted by molar-refractivity contribution is 5.89. The number of benzene rings is 2. The lowest BCUT2D eigenvalue weighted by Gasteiger charge is -2.24. The number of hydrogen-bond acceptors (Lipinski definition) is 5. The zero-order chi connectivity index (χ0) is 22.8. The van der Waals surface area contributed by atoms with Crippen molar-refractivity contribution in [3.63, 3.8) is 0 Å². The molecule has 31 heavy (non-hydrogen) atoms. The zero-order valence-corrected chi connectivity index (χ0v) is 17.4. The van der Waals surface area contributed by atoms with E-state index in [0.717, 1.165) is 5.56 Å². The highest BCUT2D eigenvalue weighted by Gasteiger charge is 2.29. The van der Waals surface area contributed by atoms with Crippen LogP contribution in [0.3, 0.4) is 0 Å². The molecular formula is C23H25N3O5. The maximum atomic E-state index is 12.7. The standard InChI is InChI=1S/C23H25N3O5/c1-15(2)20(26-23(30)31-14-16-7-4-3-5-8-16)21(27)25-19(22(28)29)12-17-9-6-10-18(11-17)13-24/h3-11,15,19-20H,12,14H2,1-2H3,(H,25,27)(H,26,30)(H,28,29)/t19-,20+/m0/s1. The molecule has 2 rings (SSSR count). The lowest BCUT2D eigenvalue weighted by molar-refractivity contribution is -0.142. The summed E-state index contributed by atoms with van der Waals surface area (Å²) in [6.07, 6.45) is -0.772. The molecule has 2 aromatic carbocycles. The van der Waals surface area contributed by atoms with Crippen LogP contribution in [-0.4, -0.2) is 35.2 Å². The molecule has 8 nitrogen and oxygen atoms in total. The van der Waals surface area contributed by atoms with Crippen molar-refractivity contribution in [1.82, 2.24) is 10.6 Å². The lowest BCUT2D eigenvalue weighted by Crippen LogP contribution is -2.54. The molecule has 0 aliphatic heterocycles. The van der Waals surface area contributed by atoms with E-state index in [1.54, 1.807) is 50.2 Å². The third kappa shape index (κ3) is 7.48. The molecule has 0 aromatic heterocycles. The van der Waals surface area contributed by atoms with E-state index < -0.39 is 30.1 Å². The van der Waals surface area contributed by atoms with E-state index in [9.17, 15) is 19.5 Å². The Morgan fingerprint density at radius 3 is 2.32 bits per heavy atom. The number of amides is 2. The van der Waals surface area contributed by atoms with Crippen LogP contribution in [0.1, 0.15) is 30.5 Å². The number of nitriles is 1. The maximum Gasteiger partial charge on any atom is 0.408 e. The number of carboxylic acid groups (broad SMARTS) is 1. The van der Waals surface area contributed by atoms with Crippen molar-refractivity contribution in [1.29, 1.82) is 5.26 Å². The van der Waals surface area contributed by atoms with Crippen LogP contribution in [0.5, 0.6) is 0 Å². The van der Waals surface area contributed by atoms with Crippen molar-refractivity contribution in [2.75, 3.05) is 0 Å². The largest absolute Gasteiger partial charge is 0.480 e. The maximum absolute atomic E-state index is 12.7. The Kier molecular flexibility index (Phi) is 8.58. The van der Waals surface area contributed by atoms with Gasteiger partial charge in [-0.25, -0.2) is 9.59 Å². The number of hydrogen-bond donors (Lipinski definition) is 3. The summed E-state index contributed by atoms with van der Waals surface area (Å²) in [5.74, 6) is -2.15. The van der Waals surface area contributed by atoms with E-state index in [-0.39, 0.29) is 18.9 Å². The van der Waals surface area contributed by atoms with E-state index >= 15 is 0 Å². The number of nitrogens with zero attached hydrogens (tertiary/aromatic N) is 1. The number of carboxylic acids is 1. The van der Waals surface area contributed by atoms with E-state index in [0.29, 0.717) is 11.1 Å². The molecule has 0 aliphatic rings. The van der Waals surface area contributed by atoms with Crippen molar-refractivity contribution in [2.45, 2.75) is 39.0 Å². The normalized spacial score (nSPS) is 12.3. The smallest absolute Gasteiger partial charge is 0.408 e. The van der Waals surface area contributed by atoms with Gasteiger partial charge in [0.05, 0.1) is 11.6 Å². The minimum atomic E-state index is -1.22. The summed E-state index contributed by atoms with van der Waals surface area (Å²) in [6, 6.07) is 15.4. The molecule has 0 spiro atoms. The highest BCUT2D eigenvalue weighted by atomic mass is 16.5. The molecule has 0 heterocycles. The quantitative estimate of drug-likeness (QED) is 0.569. The second-order valence-electron chi connectivity index (χ2n) is 7.34. The van der Waals surface area contributed by atoms with Gasteiger partial charge in [-0.3, -0.25) is 4.79 Å². The Morgan fingerprint density at radius 2 is 1.71 bits per heavy atom. The molecule has 3 N–H and O–H groups in total. The number of ether oxygens (including phenoxy) is 1. The van der Waals surface area contributed by atoms with Gasteiger partial charge in [-0.15, -0.1) is 0 Å². The Hall–Kier alpha value is -3.86. The molecule has 0 unspecified atom stereocenters. The van der Waals surface area contributed by atoms with Crippen molar-refractivity contribution in [3.8, 4) is 6.07 Å². The summed E-state index contributed by atoms with van der Waals surface area (Å²) < 4.78 is 5.16. The minimum Gasteiger partial charge on any atom is -0.480 e. The van der Waals surface area contributed by atoms with E-state index in [1.807, 2.05) is 24.3 Å². The van der Waals surface area contributed by atoms with Gasteiger partial charge >= 0.3 is 12.1 Å². The van der Waals surface area contributed by atoms with Crippen LogP contribution in [-0.2, 0) is 27.4 Å². The molecule has 0 aliphatic carbocycles. The molecule has 2 aromatic rings. The molecular weight excluding hydrogens is 398 g/mol. The second kappa shape index (κ2) is 11.4. The number of nitrogens with one attached hydrogen (secondary N) is 2. The fourth-order valence-electron chi connectivity index (χ4n) is 2.89. The number of alkyl carbamates (subject to hydrolysis) is 1. The Morgan fingerprint density at radius 1 is 1.03 bits per heavy atom. The molecule has 8 heteroatoms. The average molecular weight is 423 g/mol. The number of aliphatic carboxylic acids is 1. The Labute approximate surface area is 180 Å². The van der Waals surface area contributed by atoms with E-state index in [1.165, 1.54) is 0 Å². The van der Waals surface area contributed by atoms with Crippen LogP contribution in [0.15, 0.2) is 54.6 Å². The summed E-state index contributed by atoms with van der Waals surface area (Å²) in [4.78, 5) is 36.6. The first-order valence-electron chi connectivity index (χ1n) is 9.79. The van der Waals surface area contributed by atoms with Gasteiger partial charge in [-0.1, -0.05) is 56.3 Å². The van der Waals surface area contributed by atoms with Gasteiger partial charge in [-0.2, -0.15) is 5.26 Å². The van der Waals surface area contributed by atoms with Crippen LogP contribution < -0.4 is 10.6 Å². The molecule has 0 saturated carbocycles. The number of rotatable bonds is 9. The monoisotopic (exact) mass is 423 g/mol. The second-order valence-corrected chi connectivity index (χ2v) is 7.34. The molecule has 162 valence electrons. The van der Waals surface area contributed by atoms with Gasteiger partial charge in [0.15, 0.2) is 0 Å². The van der Waals surface area contributed by atoms with Gasteiger partial charge in [0.25, 0.3) is 0 Å². The van der Waals surface area contributed by atoms with Crippen LogP contribution >= 0.6 is 0 Å². The first-order chi connectivity index (χ1) is 14.8. The predicted molar refractivity (Wildman–Crippen MR) is 113 cm³/mol. The molecule has 0 saturated heterocycles. The van der Waals surface area contributed by atoms with Gasteiger partial charge in [0.2, 0.25) is 5.91 Å². The fourth-order valence-corrected chi connectivity index (χ4v) is 2.89. The Balaban J connectivity index is 2.00. The van der Waals surface area contributed by atoms with Crippen molar-refractivity contribution in [3.05, 3.63) is 71.3 Å². The first kappa shape index (κ1) is 23.4. The Bertz CT molecular complexity index is 953. The number of carbonyl (C=O) groups excluding carboxylic acids is 2. The molecule has 0 fully saturated rings. The van der Waals surface area contributed by atoms with Crippen LogP contribution in [0.2, 0.25) is 0 Å². The fraction of sp³-hybridized carbons (Fsp3) is 0.304. The van der Waals surface area contributed by atoms with Crippen molar-refractivity contribution >= 4 is 18.0 Å². The third-order valence-electron chi connectivity index (χ3n) is 4.55. The molecule has 2 amide bonds. The summed E-state index contributed by atoms with van der Waals surface area (Å²) >= 11 is 0. The third-order valence-corrected chi connectivity index (χ3v) is 4.55.